The summed E-state index contributed by atoms with van der Waals surface area (Å²) in [5.74, 6) is -0.00660. The Labute approximate surface area is 224 Å². The predicted molar refractivity (Wildman–Crippen MR) is 151 cm³/mol. The number of nitrogens with zero attached hydrogens (tertiary/aromatic N) is 1. The van der Waals surface area contributed by atoms with Gasteiger partial charge in [-0.2, -0.15) is 0 Å². The van der Waals surface area contributed by atoms with Gasteiger partial charge in [0.1, 0.15) is 6.61 Å². The topological polar surface area (TPSA) is 95.7 Å². The molecular weight excluding hydrogens is 477 g/mol. The highest BCUT2D eigenvalue weighted by Gasteiger charge is 2.52. The van der Waals surface area contributed by atoms with Crippen molar-refractivity contribution in [3.8, 4) is 11.1 Å². The minimum atomic E-state index is -0.642. The number of anilines is 1. The Hall–Kier alpha value is -3.62. The number of ether oxygens (including phenoxy) is 1. The van der Waals surface area contributed by atoms with Crippen LogP contribution in [0.25, 0.3) is 17.2 Å². The van der Waals surface area contributed by atoms with Crippen LogP contribution in [0.1, 0.15) is 56.0 Å². The van der Waals surface area contributed by atoms with Gasteiger partial charge in [0, 0.05) is 18.7 Å². The van der Waals surface area contributed by atoms with E-state index >= 15 is 0 Å². The number of pyridine rings is 1. The molecule has 8 heteroatoms. The molecule has 0 saturated carbocycles. The molecule has 1 aromatic heterocycles. The number of nitrogen functional groups attached to an aromatic ring is 1. The molecule has 0 bridgehead atoms. The van der Waals surface area contributed by atoms with E-state index in [1.165, 1.54) is 22.3 Å². The summed E-state index contributed by atoms with van der Waals surface area (Å²) in [6, 6.07) is 18.4. The van der Waals surface area contributed by atoms with Gasteiger partial charge in [-0.3, -0.25) is 4.98 Å². The molecule has 1 amide bonds. The lowest BCUT2D eigenvalue weighted by Gasteiger charge is -2.32. The Morgan fingerprint density at radius 3 is 2.21 bits per heavy atom. The minimum Gasteiger partial charge on any atom is -0.449 e. The van der Waals surface area contributed by atoms with E-state index in [9.17, 15) is 4.79 Å². The number of carbonyl (C=O) groups is 1. The van der Waals surface area contributed by atoms with E-state index in [4.69, 9.17) is 19.8 Å². The van der Waals surface area contributed by atoms with Crippen LogP contribution in [0, 0.1) is 6.92 Å². The second kappa shape index (κ2) is 9.93. The zero-order valence-electron chi connectivity index (χ0n) is 22.6. The summed E-state index contributed by atoms with van der Waals surface area (Å²) in [7, 11) is -0.642. The lowest BCUT2D eigenvalue weighted by molar-refractivity contribution is 0.00578. The molecule has 0 radical (unpaired) electrons. The highest BCUT2D eigenvalue weighted by atomic mass is 16.7. The number of hydrogen-bond donors (Lipinski definition) is 2. The number of nitrogens with one attached hydrogen (secondary N) is 1. The van der Waals surface area contributed by atoms with Crippen molar-refractivity contribution in [2.24, 2.45) is 0 Å². The molecule has 3 N–H and O–H groups in total. The summed E-state index contributed by atoms with van der Waals surface area (Å²) in [5, 5.41) is 2.89. The minimum absolute atomic E-state index is 0.00660. The maximum absolute atomic E-state index is 12.9. The molecule has 2 heterocycles. The van der Waals surface area contributed by atoms with Crippen LogP contribution in [0.15, 0.2) is 66.3 Å². The number of amides is 1. The molecule has 0 atom stereocenters. The Kier molecular flexibility index (Phi) is 6.80. The second-order valence-electron chi connectivity index (χ2n) is 10.9. The first kappa shape index (κ1) is 26.0. The number of rotatable bonds is 6. The van der Waals surface area contributed by atoms with Crippen LogP contribution in [0.3, 0.4) is 0 Å². The lowest BCUT2D eigenvalue weighted by atomic mass is 9.77. The van der Waals surface area contributed by atoms with E-state index in [1.807, 2.05) is 71.0 Å². The molecule has 2 aliphatic rings. The molecule has 196 valence electrons. The van der Waals surface area contributed by atoms with Gasteiger partial charge in [0.25, 0.3) is 0 Å². The SMILES string of the molecule is Cc1ncc(C=C(CNC(=O)OCC2c3ccccc3-c3ccccc32)B2OC(C)(C)C(C)(C)O2)cc1N. The first-order chi connectivity index (χ1) is 18.1. The van der Waals surface area contributed by atoms with Crippen molar-refractivity contribution < 1.29 is 18.8 Å². The van der Waals surface area contributed by atoms with Crippen LogP contribution in [-0.4, -0.2) is 42.5 Å². The van der Waals surface area contributed by atoms with Gasteiger partial charge in [-0.25, -0.2) is 4.79 Å². The number of benzene rings is 2. The van der Waals surface area contributed by atoms with E-state index in [0.717, 1.165) is 16.7 Å². The van der Waals surface area contributed by atoms with Crippen LogP contribution in [0.4, 0.5) is 10.5 Å². The Morgan fingerprint density at radius 2 is 1.63 bits per heavy atom. The van der Waals surface area contributed by atoms with E-state index in [1.54, 1.807) is 6.20 Å². The number of aromatic nitrogens is 1. The fourth-order valence-corrected chi connectivity index (χ4v) is 4.88. The van der Waals surface area contributed by atoms with Crippen molar-refractivity contribution >= 4 is 25.0 Å². The molecular formula is C30H34BN3O4. The maximum atomic E-state index is 12.9. The van der Waals surface area contributed by atoms with Crippen LogP contribution in [-0.2, 0) is 14.0 Å². The number of carbonyl (C=O) groups excluding carboxylic acids is 1. The van der Waals surface area contributed by atoms with Crippen LogP contribution >= 0.6 is 0 Å². The number of nitrogens with two attached hydrogens (primary N) is 1. The molecule has 3 aromatic rings. The van der Waals surface area contributed by atoms with Gasteiger partial charge in [-0.05, 0) is 74.0 Å². The summed E-state index contributed by atoms with van der Waals surface area (Å²) in [6.45, 7) is 10.3. The first-order valence-electron chi connectivity index (χ1n) is 12.9. The Morgan fingerprint density at radius 1 is 1.05 bits per heavy atom. The normalized spacial score (nSPS) is 17.7. The Bertz CT molecular complexity index is 1340. The summed E-state index contributed by atoms with van der Waals surface area (Å²) in [6.07, 6.45) is 3.13. The summed E-state index contributed by atoms with van der Waals surface area (Å²) in [4.78, 5) is 17.2. The standard InChI is InChI=1S/C30H34BN3O4/c1-19-27(32)15-20(16-33-19)14-21(31-37-29(2,3)30(4,5)38-31)17-34-28(35)36-18-26-24-12-8-6-10-22(24)23-11-7-9-13-25(23)26/h6-16,26H,17-18,32H2,1-5H3,(H,34,35). The van der Waals surface area contributed by atoms with Gasteiger partial charge < -0.3 is 25.1 Å². The quantitative estimate of drug-likeness (QED) is 0.423. The summed E-state index contributed by atoms with van der Waals surface area (Å²) >= 11 is 0. The van der Waals surface area contributed by atoms with Crippen LogP contribution < -0.4 is 11.1 Å². The maximum Gasteiger partial charge on any atom is 0.492 e. The number of fused-ring (bicyclic) bond motifs is 3. The monoisotopic (exact) mass is 511 g/mol. The smallest absolute Gasteiger partial charge is 0.449 e. The van der Waals surface area contributed by atoms with Crippen molar-refractivity contribution in [2.45, 2.75) is 51.7 Å². The number of hydrogen-bond acceptors (Lipinski definition) is 6. The summed E-state index contributed by atoms with van der Waals surface area (Å²) < 4.78 is 18.3. The predicted octanol–water partition coefficient (Wildman–Crippen LogP) is 5.53. The van der Waals surface area contributed by atoms with Crippen molar-refractivity contribution in [3.63, 3.8) is 0 Å². The third-order valence-electron chi connectivity index (χ3n) is 7.84. The van der Waals surface area contributed by atoms with Crippen molar-refractivity contribution in [2.75, 3.05) is 18.9 Å². The Balaban J connectivity index is 1.30. The fourth-order valence-electron chi connectivity index (χ4n) is 4.88. The average Bonchev–Trinajstić information content (AvgIpc) is 3.31. The van der Waals surface area contributed by atoms with Gasteiger partial charge in [0.2, 0.25) is 0 Å². The van der Waals surface area contributed by atoms with Gasteiger partial charge in [0.05, 0.1) is 22.6 Å². The molecule has 1 fully saturated rings. The molecule has 1 aliphatic carbocycles. The third kappa shape index (κ3) is 4.94. The van der Waals surface area contributed by atoms with E-state index in [-0.39, 0.29) is 19.1 Å². The highest BCUT2D eigenvalue weighted by molar-refractivity contribution is 6.56. The van der Waals surface area contributed by atoms with Crippen molar-refractivity contribution in [1.29, 1.82) is 0 Å². The lowest BCUT2D eigenvalue weighted by Crippen LogP contribution is -2.41. The first-order valence-corrected chi connectivity index (χ1v) is 12.9. The van der Waals surface area contributed by atoms with Crippen LogP contribution in [0.2, 0.25) is 0 Å². The summed E-state index contributed by atoms with van der Waals surface area (Å²) in [5.41, 5.74) is 12.6. The van der Waals surface area contributed by atoms with Gasteiger partial charge >= 0.3 is 13.2 Å². The molecule has 1 saturated heterocycles. The number of aryl methyl sites for hydroxylation is 1. The number of alkyl carbamates (subject to hydrolysis) is 1. The molecule has 2 aromatic carbocycles. The van der Waals surface area contributed by atoms with E-state index < -0.39 is 24.4 Å². The zero-order chi connectivity index (χ0) is 27.1. The van der Waals surface area contributed by atoms with Gasteiger partial charge in [-0.15, -0.1) is 0 Å². The average molecular weight is 511 g/mol. The van der Waals surface area contributed by atoms with Crippen molar-refractivity contribution in [1.82, 2.24) is 10.3 Å². The molecule has 1 aliphatic heterocycles. The molecule has 0 spiro atoms. The fraction of sp³-hybridized carbons (Fsp3) is 0.333. The van der Waals surface area contributed by atoms with E-state index in [0.29, 0.717) is 5.69 Å². The second-order valence-corrected chi connectivity index (χ2v) is 10.9. The third-order valence-corrected chi connectivity index (χ3v) is 7.84. The zero-order valence-corrected chi connectivity index (χ0v) is 22.6. The van der Waals surface area contributed by atoms with E-state index in [2.05, 4.69) is 34.6 Å². The molecule has 5 rings (SSSR count). The van der Waals surface area contributed by atoms with Crippen LogP contribution in [0.5, 0.6) is 0 Å². The molecule has 0 unspecified atom stereocenters. The highest BCUT2D eigenvalue weighted by Crippen LogP contribution is 2.44. The largest absolute Gasteiger partial charge is 0.492 e. The molecule has 38 heavy (non-hydrogen) atoms. The van der Waals surface area contributed by atoms with Gasteiger partial charge in [0.15, 0.2) is 0 Å². The molecule has 7 nitrogen and oxygen atoms in total. The van der Waals surface area contributed by atoms with Gasteiger partial charge in [-0.1, -0.05) is 54.6 Å². The van der Waals surface area contributed by atoms with Crippen molar-refractivity contribution in [3.05, 3.63) is 88.7 Å².